The van der Waals surface area contributed by atoms with Crippen LogP contribution in [-0.2, 0) is 19.5 Å². The summed E-state index contributed by atoms with van der Waals surface area (Å²) in [4.78, 5) is 11.2. The first kappa shape index (κ1) is 22.5. The van der Waals surface area contributed by atoms with Gasteiger partial charge < -0.3 is 19.9 Å². The van der Waals surface area contributed by atoms with E-state index in [0.717, 1.165) is 0 Å². The number of hydrogen-bond acceptors (Lipinski definition) is 6. The molecule has 1 aromatic carbocycles. The largest absolute Gasteiger partial charge is 0.470 e. The predicted octanol–water partition coefficient (Wildman–Crippen LogP) is 0.866. The van der Waals surface area contributed by atoms with Crippen LogP contribution < -0.4 is 10.0 Å². The van der Waals surface area contributed by atoms with Crippen LogP contribution in [0.15, 0.2) is 23.1 Å². The van der Waals surface area contributed by atoms with Crippen LogP contribution in [0.4, 0.5) is 17.6 Å². The zero-order valence-electron chi connectivity index (χ0n) is 14.7. The van der Waals surface area contributed by atoms with Gasteiger partial charge in [-0.05, 0) is 32.0 Å². The minimum atomic E-state index is -5.24. The quantitative estimate of drug-likeness (QED) is 0.456. The number of amides is 1. The van der Waals surface area contributed by atoms with Crippen molar-refractivity contribution in [3.05, 3.63) is 29.6 Å². The summed E-state index contributed by atoms with van der Waals surface area (Å²) in [5.74, 6) is -3.20. The number of halogens is 4. The van der Waals surface area contributed by atoms with Gasteiger partial charge in [0.2, 0.25) is 10.0 Å². The van der Waals surface area contributed by atoms with E-state index in [1.165, 1.54) is 0 Å². The number of rotatable bonds is 6. The van der Waals surface area contributed by atoms with Crippen LogP contribution in [0.3, 0.4) is 0 Å². The number of carbonyl (C=O) groups is 1. The molecule has 0 aliphatic carbocycles. The molecule has 0 radical (unpaired) electrons. The third-order valence-electron chi connectivity index (χ3n) is 3.67. The van der Waals surface area contributed by atoms with Gasteiger partial charge in [-0.25, -0.2) is 12.8 Å². The summed E-state index contributed by atoms with van der Waals surface area (Å²) in [6.45, 7) is 2.90. The Labute approximate surface area is 157 Å². The monoisotopic (exact) mass is 430 g/mol. The number of nitrogens with one attached hydrogen (secondary N) is 2. The van der Waals surface area contributed by atoms with E-state index in [1.54, 1.807) is 13.8 Å². The van der Waals surface area contributed by atoms with Crippen LogP contribution in [-0.4, -0.2) is 56.9 Å². The maximum Gasteiger partial charge on any atom is 0.470 e. The van der Waals surface area contributed by atoms with Gasteiger partial charge in [0.1, 0.15) is 11.9 Å². The summed E-state index contributed by atoms with van der Waals surface area (Å²) in [6, 6.07) is 1.59. The Bertz CT molecular complexity index is 843. The fraction of sp³-hybridized carbons (Fsp3) is 0.533. The molecule has 2 rings (SSSR count). The Morgan fingerprint density at radius 2 is 2.04 bits per heavy atom. The van der Waals surface area contributed by atoms with Crippen LogP contribution in [0.25, 0.3) is 0 Å². The summed E-state index contributed by atoms with van der Waals surface area (Å²) in [5.41, 5.74) is -0.804. The Morgan fingerprint density at radius 1 is 1.39 bits per heavy atom. The summed E-state index contributed by atoms with van der Waals surface area (Å²) in [5, 5.41) is 12.2. The first-order valence-corrected chi connectivity index (χ1v) is 9.37. The van der Waals surface area contributed by atoms with Crippen molar-refractivity contribution >= 4 is 15.9 Å². The van der Waals surface area contributed by atoms with Crippen LogP contribution in [0.1, 0.15) is 24.2 Å². The number of aliphatic hydroxyl groups excluding tert-OH is 1. The molecule has 0 aromatic heterocycles. The van der Waals surface area contributed by atoms with Gasteiger partial charge in [-0.3, -0.25) is 4.79 Å². The predicted molar refractivity (Wildman–Crippen MR) is 86.0 cm³/mol. The fourth-order valence-corrected chi connectivity index (χ4v) is 3.33. The summed E-state index contributed by atoms with van der Waals surface area (Å²) >= 11 is 0. The highest BCUT2D eigenvalue weighted by Gasteiger charge is 2.37. The molecule has 1 amide bonds. The minimum Gasteiger partial charge on any atom is -0.388 e. The Morgan fingerprint density at radius 3 is 2.57 bits per heavy atom. The van der Waals surface area contributed by atoms with Gasteiger partial charge in [-0.2, -0.15) is 13.2 Å². The van der Waals surface area contributed by atoms with Crippen molar-refractivity contribution in [2.24, 2.45) is 0 Å². The normalized spacial score (nSPS) is 20.8. The lowest BCUT2D eigenvalue weighted by molar-refractivity contribution is -0.150. The molecule has 1 aromatic rings. The van der Waals surface area contributed by atoms with Gasteiger partial charge in [0.05, 0.1) is 23.2 Å². The van der Waals surface area contributed by atoms with Crippen molar-refractivity contribution in [2.75, 3.05) is 13.2 Å². The highest BCUT2D eigenvalue weighted by Crippen LogP contribution is 2.24. The highest BCUT2D eigenvalue weighted by atomic mass is 32.2. The average molecular weight is 430 g/mol. The second-order valence-electron chi connectivity index (χ2n) is 6.39. The maximum absolute atomic E-state index is 13.9. The third kappa shape index (κ3) is 5.85. The molecule has 3 N–H and O–H groups in total. The molecule has 1 aliphatic rings. The molecule has 2 atom stereocenters. The molecule has 13 heteroatoms. The molecule has 1 saturated heterocycles. The van der Waals surface area contributed by atoms with Gasteiger partial charge in [-0.1, -0.05) is 0 Å². The van der Waals surface area contributed by atoms with Gasteiger partial charge in [0, 0.05) is 6.54 Å². The Balaban J connectivity index is 2.09. The number of aliphatic hydroxyl groups is 1. The molecule has 2 unspecified atom stereocenters. The Kier molecular flexibility index (Phi) is 6.35. The van der Waals surface area contributed by atoms with E-state index < -0.39 is 56.5 Å². The zero-order valence-corrected chi connectivity index (χ0v) is 15.5. The molecular formula is C15H18F4N2O6S. The number of sulfonamides is 1. The molecule has 8 nitrogen and oxygen atoms in total. The van der Waals surface area contributed by atoms with Gasteiger partial charge >= 0.3 is 6.30 Å². The van der Waals surface area contributed by atoms with E-state index in [-0.39, 0.29) is 13.2 Å². The molecule has 0 saturated carbocycles. The van der Waals surface area contributed by atoms with Gasteiger partial charge in [0.25, 0.3) is 5.91 Å². The Hall–Kier alpha value is -1.80. The number of alkyl halides is 3. The van der Waals surface area contributed by atoms with E-state index in [4.69, 9.17) is 9.47 Å². The second kappa shape index (κ2) is 7.91. The molecule has 158 valence electrons. The van der Waals surface area contributed by atoms with Crippen molar-refractivity contribution < 1.29 is 45.4 Å². The summed E-state index contributed by atoms with van der Waals surface area (Å²) in [7, 11) is -5.06. The van der Waals surface area contributed by atoms with Crippen LogP contribution in [0.5, 0.6) is 0 Å². The number of carbonyl (C=O) groups excluding carboxylic acids is 1. The van der Waals surface area contributed by atoms with Crippen molar-refractivity contribution in [3.63, 3.8) is 0 Å². The topological polar surface area (TPSA) is 114 Å². The van der Waals surface area contributed by atoms with E-state index >= 15 is 0 Å². The SMILES string of the molecule is CC1(C)OCC(C(O)CNC(=O)c2cc(S(=O)(=O)NC(F)(F)F)ccc2F)O1. The molecule has 1 aliphatic heterocycles. The molecule has 0 spiro atoms. The standard InChI is InChI=1S/C15H18F4N2O6S/c1-14(2)26-7-12(27-14)11(22)6-20-13(23)9-5-8(3-4-10(9)16)28(24,25)21-15(17,18)19/h3-5,11-12,21-22H,6-7H2,1-2H3,(H,20,23). The summed E-state index contributed by atoms with van der Waals surface area (Å²) < 4.78 is 85.2. The van der Waals surface area contributed by atoms with E-state index in [1.807, 2.05) is 0 Å². The second-order valence-corrected chi connectivity index (χ2v) is 8.07. The average Bonchev–Trinajstić information content (AvgIpc) is 2.90. The number of benzene rings is 1. The highest BCUT2D eigenvalue weighted by molar-refractivity contribution is 7.89. The van der Waals surface area contributed by atoms with Crippen molar-refractivity contribution in [1.29, 1.82) is 0 Å². The molecular weight excluding hydrogens is 412 g/mol. The smallest absolute Gasteiger partial charge is 0.388 e. The number of hydrogen-bond donors (Lipinski definition) is 3. The molecule has 1 heterocycles. The lowest BCUT2D eigenvalue weighted by atomic mass is 10.1. The van der Waals surface area contributed by atoms with E-state index in [9.17, 15) is 35.9 Å². The maximum atomic E-state index is 13.9. The molecule has 0 bridgehead atoms. The third-order valence-corrected chi connectivity index (χ3v) is 5.05. The van der Waals surface area contributed by atoms with Gasteiger partial charge in [0.15, 0.2) is 5.79 Å². The first-order chi connectivity index (χ1) is 12.7. The van der Waals surface area contributed by atoms with Crippen molar-refractivity contribution in [3.8, 4) is 0 Å². The zero-order chi connectivity index (χ0) is 21.3. The van der Waals surface area contributed by atoms with Crippen LogP contribution >= 0.6 is 0 Å². The first-order valence-electron chi connectivity index (χ1n) is 7.88. The fourth-order valence-electron chi connectivity index (χ4n) is 2.39. The molecule has 28 heavy (non-hydrogen) atoms. The lowest BCUT2D eigenvalue weighted by Crippen LogP contribution is -2.41. The van der Waals surface area contributed by atoms with E-state index in [2.05, 4.69) is 5.32 Å². The number of ether oxygens (including phenoxy) is 2. The minimum absolute atomic E-state index is 0.0508. The lowest BCUT2D eigenvalue weighted by Gasteiger charge is -2.20. The van der Waals surface area contributed by atoms with Crippen molar-refractivity contribution in [1.82, 2.24) is 10.0 Å². The van der Waals surface area contributed by atoms with Gasteiger partial charge in [-0.15, -0.1) is 4.72 Å². The molecule has 1 fully saturated rings. The van der Waals surface area contributed by atoms with Crippen LogP contribution in [0.2, 0.25) is 0 Å². The summed E-state index contributed by atoms with van der Waals surface area (Å²) in [6.07, 6.45) is -7.22. The van der Waals surface area contributed by atoms with E-state index in [0.29, 0.717) is 22.9 Å². The van der Waals surface area contributed by atoms with Crippen molar-refractivity contribution in [2.45, 2.75) is 43.0 Å². The van der Waals surface area contributed by atoms with Crippen LogP contribution in [0, 0.1) is 5.82 Å².